The van der Waals surface area contributed by atoms with Crippen LogP contribution in [0.2, 0.25) is 0 Å². The second-order valence-electron chi connectivity index (χ2n) is 6.74. The number of aliphatic carboxylic acids is 1. The van der Waals surface area contributed by atoms with Gasteiger partial charge in [-0.1, -0.05) is 25.1 Å². The summed E-state index contributed by atoms with van der Waals surface area (Å²) in [6, 6.07) is 13.0. The summed E-state index contributed by atoms with van der Waals surface area (Å²) >= 11 is 1.26. The highest BCUT2D eigenvalue weighted by molar-refractivity contribution is 8.18. The normalized spacial score (nSPS) is 16.9. The van der Waals surface area contributed by atoms with Gasteiger partial charge in [0.15, 0.2) is 22.8 Å². The Morgan fingerprint density at radius 3 is 2.58 bits per heavy atom. The summed E-state index contributed by atoms with van der Waals surface area (Å²) in [5, 5.41) is 12.4. The van der Waals surface area contributed by atoms with E-state index in [1.807, 2.05) is 31.2 Å². The molecule has 1 saturated heterocycles. The lowest BCUT2D eigenvalue weighted by molar-refractivity contribution is -0.144. The number of thioether (sulfide) groups is 1. The second-order valence-corrected chi connectivity index (χ2v) is 7.77. The zero-order valence-electron chi connectivity index (χ0n) is 17.5. The van der Waals surface area contributed by atoms with Crippen LogP contribution in [0.15, 0.2) is 52.4 Å². The van der Waals surface area contributed by atoms with E-state index in [-0.39, 0.29) is 5.91 Å². The lowest BCUT2D eigenvalue weighted by atomic mass is 10.2. The Kier molecular flexibility index (Phi) is 7.36. The Labute approximate surface area is 185 Å². The zero-order chi connectivity index (χ0) is 22.4. The van der Waals surface area contributed by atoms with Crippen LogP contribution in [-0.4, -0.2) is 34.9 Å². The monoisotopic (exact) mass is 440 g/mol. The molecule has 162 valence electrons. The van der Waals surface area contributed by atoms with Crippen LogP contribution in [0.4, 0.5) is 5.69 Å². The fraction of sp³-hybridized carbons (Fsp3) is 0.261. The SMILES string of the molecule is CCOc1cc(/C=C2/SC(=Nc3ccc(CC)cc3)NC2=O)ccc1OC(C)C(=O)O. The lowest BCUT2D eigenvalue weighted by Crippen LogP contribution is -2.23. The maximum absolute atomic E-state index is 12.4. The van der Waals surface area contributed by atoms with Crippen molar-refractivity contribution in [1.82, 2.24) is 5.32 Å². The second kappa shape index (κ2) is 10.2. The van der Waals surface area contributed by atoms with E-state index in [1.54, 1.807) is 24.3 Å². The quantitative estimate of drug-likeness (QED) is 0.591. The van der Waals surface area contributed by atoms with E-state index in [4.69, 9.17) is 14.6 Å². The summed E-state index contributed by atoms with van der Waals surface area (Å²) in [6.45, 7) is 5.75. The Morgan fingerprint density at radius 1 is 1.19 bits per heavy atom. The van der Waals surface area contributed by atoms with E-state index in [1.165, 1.54) is 24.2 Å². The predicted molar refractivity (Wildman–Crippen MR) is 122 cm³/mol. The number of rotatable bonds is 8. The molecule has 1 fully saturated rings. The lowest BCUT2D eigenvalue weighted by Gasteiger charge is -2.15. The number of benzene rings is 2. The number of carboxylic acids is 1. The Hall–Kier alpha value is -3.26. The first kappa shape index (κ1) is 22.4. The van der Waals surface area contributed by atoms with Crippen molar-refractivity contribution in [2.24, 2.45) is 4.99 Å². The molecule has 1 heterocycles. The minimum Gasteiger partial charge on any atom is -0.490 e. The molecule has 31 heavy (non-hydrogen) atoms. The largest absolute Gasteiger partial charge is 0.490 e. The highest BCUT2D eigenvalue weighted by Crippen LogP contribution is 2.33. The van der Waals surface area contributed by atoms with Gasteiger partial charge in [0.05, 0.1) is 17.2 Å². The third-order valence-corrected chi connectivity index (χ3v) is 5.35. The summed E-state index contributed by atoms with van der Waals surface area (Å²) in [6.07, 6.45) is 1.68. The molecule has 2 aromatic rings. The number of carboxylic acid groups (broad SMARTS) is 1. The highest BCUT2D eigenvalue weighted by atomic mass is 32.2. The molecule has 0 radical (unpaired) electrons. The van der Waals surface area contributed by atoms with Crippen molar-refractivity contribution >= 4 is 40.6 Å². The molecule has 2 aromatic carbocycles. The number of ether oxygens (including phenoxy) is 2. The van der Waals surface area contributed by atoms with Gasteiger partial charge in [0.1, 0.15) is 0 Å². The third kappa shape index (κ3) is 5.88. The first-order chi connectivity index (χ1) is 14.9. The van der Waals surface area contributed by atoms with Crippen LogP contribution in [0, 0.1) is 0 Å². The van der Waals surface area contributed by atoms with Crippen molar-refractivity contribution in [2.75, 3.05) is 6.61 Å². The summed E-state index contributed by atoms with van der Waals surface area (Å²) < 4.78 is 11.0. The fourth-order valence-corrected chi connectivity index (χ4v) is 3.62. The van der Waals surface area contributed by atoms with Crippen molar-refractivity contribution < 1.29 is 24.2 Å². The van der Waals surface area contributed by atoms with Gasteiger partial charge in [-0.25, -0.2) is 9.79 Å². The molecule has 0 aromatic heterocycles. The number of carbonyl (C=O) groups excluding carboxylic acids is 1. The van der Waals surface area contributed by atoms with Crippen LogP contribution < -0.4 is 14.8 Å². The molecule has 7 nitrogen and oxygen atoms in total. The molecule has 1 aliphatic rings. The number of carbonyl (C=O) groups is 2. The molecule has 0 spiro atoms. The summed E-state index contributed by atoms with van der Waals surface area (Å²) in [5.74, 6) is -0.547. The van der Waals surface area contributed by atoms with Gasteiger partial charge in [0, 0.05) is 0 Å². The number of aryl methyl sites for hydroxylation is 1. The molecule has 0 aliphatic carbocycles. The topological polar surface area (TPSA) is 97.2 Å². The van der Waals surface area contributed by atoms with Crippen molar-refractivity contribution in [3.63, 3.8) is 0 Å². The van der Waals surface area contributed by atoms with Crippen molar-refractivity contribution in [2.45, 2.75) is 33.3 Å². The van der Waals surface area contributed by atoms with Gasteiger partial charge in [-0.3, -0.25) is 4.79 Å². The van der Waals surface area contributed by atoms with Crippen LogP contribution in [0.1, 0.15) is 31.9 Å². The van der Waals surface area contributed by atoms with Gasteiger partial charge in [-0.05, 0) is 73.5 Å². The van der Waals surface area contributed by atoms with Crippen molar-refractivity contribution in [3.05, 3.63) is 58.5 Å². The van der Waals surface area contributed by atoms with Gasteiger partial charge in [0.25, 0.3) is 5.91 Å². The summed E-state index contributed by atoms with van der Waals surface area (Å²) in [7, 11) is 0. The first-order valence-electron chi connectivity index (χ1n) is 9.94. The van der Waals surface area contributed by atoms with Crippen molar-refractivity contribution in [1.29, 1.82) is 0 Å². The molecule has 8 heteroatoms. The number of amidine groups is 1. The minimum absolute atomic E-state index is 0.230. The maximum Gasteiger partial charge on any atom is 0.344 e. The summed E-state index contributed by atoms with van der Waals surface area (Å²) in [4.78, 5) is 28.4. The smallest absolute Gasteiger partial charge is 0.344 e. The Balaban J connectivity index is 1.80. The van der Waals surface area contributed by atoms with Crippen LogP contribution >= 0.6 is 11.8 Å². The number of amides is 1. The van der Waals surface area contributed by atoms with Gasteiger partial charge < -0.3 is 19.9 Å². The molecule has 1 aliphatic heterocycles. The predicted octanol–water partition coefficient (Wildman–Crippen LogP) is 4.39. The highest BCUT2D eigenvalue weighted by Gasteiger charge is 2.24. The van der Waals surface area contributed by atoms with E-state index in [0.717, 1.165) is 17.7 Å². The molecule has 2 N–H and O–H groups in total. The molecule has 1 unspecified atom stereocenters. The molecule has 0 saturated carbocycles. The first-order valence-corrected chi connectivity index (χ1v) is 10.8. The van der Waals surface area contributed by atoms with Crippen LogP contribution in [0.25, 0.3) is 6.08 Å². The van der Waals surface area contributed by atoms with Crippen molar-refractivity contribution in [3.8, 4) is 11.5 Å². The van der Waals surface area contributed by atoms with Crippen LogP contribution in [0.3, 0.4) is 0 Å². The molecule has 1 amide bonds. The number of nitrogens with one attached hydrogen (secondary N) is 1. The van der Waals surface area contributed by atoms with E-state index in [0.29, 0.717) is 28.2 Å². The number of hydrogen-bond acceptors (Lipinski definition) is 6. The van der Waals surface area contributed by atoms with E-state index < -0.39 is 12.1 Å². The minimum atomic E-state index is -1.07. The van der Waals surface area contributed by atoms with Gasteiger partial charge >= 0.3 is 5.97 Å². The summed E-state index contributed by atoms with van der Waals surface area (Å²) in [5.41, 5.74) is 2.72. The molecule has 0 bridgehead atoms. The molecule has 1 atom stereocenters. The maximum atomic E-state index is 12.4. The van der Waals surface area contributed by atoms with Gasteiger partial charge in [-0.2, -0.15) is 0 Å². The number of nitrogens with zero attached hydrogens (tertiary/aromatic N) is 1. The average molecular weight is 441 g/mol. The average Bonchev–Trinajstić information content (AvgIpc) is 3.09. The molecular formula is C23H24N2O5S. The van der Waals surface area contributed by atoms with Crippen LogP contribution in [-0.2, 0) is 16.0 Å². The Morgan fingerprint density at radius 2 is 1.94 bits per heavy atom. The fourth-order valence-electron chi connectivity index (χ4n) is 2.78. The standard InChI is InChI=1S/C23H24N2O5S/c1-4-15-6-9-17(10-7-15)24-23-25-21(26)20(31-23)13-16-8-11-18(19(12-16)29-5-2)30-14(3)22(27)28/h6-14H,4-5H2,1-3H3,(H,27,28)(H,24,25,26)/b20-13+. The van der Waals surface area contributed by atoms with Gasteiger partial charge in [-0.15, -0.1) is 0 Å². The number of hydrogen-bond donors (Lipinski definition) is 2. The van der Waals surface area contributed by atoms with E-state index in [2.05, 4.69) is 17.2 Å². The Bertz CT molecular complexity index is 1030. The molecular weight excluding hydrogens is 416 g/mol. The van der Waals surface area contributed by atoms with Crippen LogP contribution in [0.5, 0.6) is 11.5 Å². The molecule has 3 rings (SSSR count). The number of aliphatic imine (C=N–C) groups is 1. The third-order valence-electron chi connectivity index (χ3n) is 4.44. The van der Waals surface area contributed by atoms with Gasteiger partial charge in [0.2, 0.25) is 0 Å². The van der Waals surface area contributed by atoms with E-state index >= 15 is 0 Å². The van der Waals surface area contributed by atoms with E-state index in [9.17, 15) is 9.59 Å². The zero-order valence-corrected chi connectivity index (χ0v) is 18.4.